The van der Waals surface area contributed by atoms with Crippen molar-refractivity contribution in [2.75, 3.05) is 13.6 Å². The molecule has 1 unspecified atom stereocenters. The normalized spacial score (nSPS) is 21.0. The number of benzene rings is 1. The zero-order chi connectivity index (χ0) is 19.7. The number of hydrogen-bond acceptors (Lipinski definition) is 4. The molecule has 3 N–H and O–H groups in total. The SMILES string of the molecule is CN(C1CCCCC1)S(=O)(=O)c1cccc(C(=O)NC(C)(CN)C2CC2)c1. The van der Waals surface area contributed by atoms with Crippen molar-refractivity contribution in [3.8, 4) is 0 Å². The Labute approximate surface area is 162 Å². The number of amides is 1. The van der Waals surface area contributed by atoms with Crippen molar-refractivity contribution in [3.63, 3.8) is 0 Å². The van der Waals surface area contributed by atoms with Crippen LogP contribution in [0, 0.1) is 5.92 Å². The van der Waals surface area contributed by atoms with Crippen LogP contribution in [0.15, 0.2) is 29.2 Å². The van der Waals surface area contributed by atoms with Gasteiger partial charge in [0, 0.05) is 25.2 Å². The number of rotatable bonds is 7. The van der Waals surface area contributed by atoms with Gasteiger partial charge in [-0.2, -0.15) is 4.31 Å². The molecule has 1 amide bonds. The van der Waals surface area contributed by atoms with Gasteiger partial charge in [0.1, 0.15) is 0 Å². The van der Waals surface area contributed by atoms with Gasteiger partial charge in [0.25, 0.3) is 5.91 Å². The third-order valence-electron chi connectivity index (χ3n) is 6.16. The Morgan fingerprint density at radius 2 is 1.89 bits per heavy atom. The molecule has 3 rings (SSSR count). The fourth-order valence-corrected chi connectivity index (χ4v) is 5.44. The van der Waals surface area contributed by atoms with Crippen LogP contribution in [0.2, 0.25) is 0 Å². The van der Waals surface area contributed by atoms with E-state index in [9.17, 15) is 13.2 Å². The van der Waals surface area contributed by atoms with Crippen LogP contribution in [0.4, 0.5) is 0 Å². The van der Waals surface area contributed by atoms with Crippen LogP contribution in [0.1, 0.15) is 62.2 Å². The second-order valence-corrected chi connectivity index (χ2v) is 10.2. The molecule has 2 aliphatic carbocycles. The molecule has 7 heteroatoms. The number of carbonyl (C=O) groups is 1. The molecule has 0 aromatic heterocycles. The molecular weight excluding hydrogens is 362 g/mol. The zero-order valence-corrected chi connectivity index (χ0v) is 17.1. The minimum atomic E-state index is -3.62. The van der Waals surface area contributed by atoms with Crippen molar-refractivity contribution in [2.45, 2.75) is 68.3 Å². The number of nitrogens with zero attached hydrogens (tertiary/aromatic N) is 1. The average Bonchev–Trinajstić information content (AvgIpc) is 3.54. The summed E-state index contributed by atoms with van der Waals surface area (Å²) < 4.78 is 27.6. The van der Waals surface area contributed by atoms with Crippen LogP contribution in [-0.4, -0.2) is 43.8 Å². The lowest BCUT2D eigenvalue weighted by Crippen LogP contribution is -2.53. The largest absolute Gasteiger partial charge is 0.345 e. The molecule has 2 aliphatic rings. The van der Waals surface area contributed by atoms with Crippen molar-refractivity contribution in [1.29, 1.82) is 0 Å². The summed E-state index contributed by atoms with van der Waals surface area (Å²) in [4.78, 5) is 12.9. The van der Waals surface area contributed by atoms with Crippen molar-refractivity contribution in [2.24, 2.45) is 11.7 Å². The summed E-state index contributed by atoms with van der Waals surface area (Å²) in [6.07, 6.45) is 7.21. The van der Waals surface area contributed by atoms with Crippen molar-refractivity contribution in [3.05, 3.63) is 29.8 Å². The van der Waals surface area contributed by atoms with Crippen molar-refractivity contribution in [1.82, 2.24) is 9.62 Å². The first kappa shape index (κ1) is 20.3. The molecule has 2 fully saturated rings. The lowest BCUT2D eigenvalue weighted by Gasteiger charge is -2.31. The monoisotopic (exact) mass is 393 g/mol. The highest BCUT2D eigenvalue weighted by atomic mass is 32.2. The van der Waals surface area contributed by atoms with Gasteiger partial charge >= 0.3 is 0 Å². The fourth-order valence-electron chi connectivity index (χ4n) is 3.98. The third kappa shape index (κ3) is 4.36. The number of nitrogens with two attached hydrogens (primary N) is 1. The first-order chi connectivity index (χ1) is 12.8. The fraction of sp³-hybridized carbons (Fsp3) is 0.650. The van der Waals surface area contributed by atoms with Crippen LogP contribution < -0.4 is 11.1 Å². The number of nitrogens with one attached hydrogen (secondary N) is 1. The van der Waals surface area contributed by atoms with Gasteiger partial charge in [-0.3, -0.25) is 4.79 Å². The van der Waals surface area contributed by atoms with E-state index in [0.717, 1.165) is 38.5 Å². The van der Waals surface area contributed by atoms with Gasteiger partial charge in [0.15, 0.2) is 0 Å². The van der Waals surface area contributed by atoms with Gasteiger partial charge in [0.2, 0.25) is 10.0 Å². The summed E-state index contributed by atoms with van der Waals surface area (Å²) in [5.74, 6) is 0.128. The highest BCUT2D eigenvalue weighted by Crippen LogP contribution is 2.39. The molecule has 0 heterocycles. The summed E-state index contributed by atoms with van der Waals surface area (Å²) >= 11 is 0. The highest BCUT2D eigenvalue weighted by molar-refractivity contribution is 7.89. The molecule has 27 heavy (non-hydrogen) atoms. The number of hydrogen-bond donors (Lipinski definition) is 2. The first-order valence-corrected chi connectivity index (χ1v) is 11.3. The topological polar surface area (TPSA) is 92.5 Å². The van der Waals surface area contributed by atoms with Gasteiger partial charge in [-0.25, -0.2) is 8.42 Å². The minimum Gasteiger partial charge on any atom is -0.345 e. The van der Waals surface area contributed by atoms with E-state index in [0.29, 0.717) is 18.0 Å². The Morgan fingerprint density at radius 3 is 2.48 bits per heavy atom. The molecule has 1 atom stereocenters. The minimum absolute atomic E-state index is 0.0385. The van der Waals surface area contributed by atoms with Crippen LogP contribution >= 0.6 is 0 Å². The molecule has 0 spiro atoms. The zero-order valence-electron chi connectivity index (χ0n) is 16.3. The summed E-state index contributed by atoms with van der Waals surface area (Å²) in [7, 11) is -1.97. The molecule has 0 radical (unpaired) electrons. The average molecular weight is 394 g/mol. The molecule has 6 nitrogen and oxygen atoms in total. The van der Waals surface area contributed by atoms with Gasteiger partial charge in [-0.1, -0.05) is 25.3 Å². The maximum absolute atomic E-state index is 13.0. The predicted octanol–water partition coefficient (Wildman–Crippen LogP) is 2.50. The Morgan fingerprint density at radius 1 is 1.22 bits per heavy atom. The van der Waals surface area contributed by atoms with Gasteiger partial charge in [0.05, 0.1) is 10.4 Å². The second-order valence-electron chi connectivity index (χ2n) is 8.19. The van der Waals surface area contributed by atoms with Crippen LogP contribution in [0.3, 0.4) is 0 Å². The van der Waals surface area contributed by atoms with Crippen LogP contribution in [-0.2, 0) is 10.0 Å². The maximum Gasteiger partial charge on any atom is 0.251 e. The van der Waals surface area contributed by atoms with Crippen molar-refractivity contribution >= 4 is 15.9 Å². The highest BCUT2D eigenvalue weighted by Gasteiger charge is 2.41. The van der Waals surface area contributed by atoms with Gasteiger partial charge < -0.3 is 11.1 Å². The molecule has 150 valence electrons. The number of carbonyl (C=O) groups excluding carboxylic acids is 1. The first-order valence-electron chi connectivity index (χ1n) is 9.88. The smallest absolute Gasteiger partial charge is 0.251 e. The molecule has 0 aliphatic heterocycles. The molecule has 0 bridgehead atoms. The molecule has 0 saturated heterocycles. The Kier molecular flexibility index (Phi) is 5.93. The lowest BCUT2D eigenvalue weighted by atomic mass is 9.95. The Hall–Kier alpha value is -1.44. The van der Waals surface area contributed by atoms with Crippen LogP contribution in [0.5, 0.6) is 0 Å². The predicted molar refractivity (Wildman–Crippen MR) is 106 cm³/mol. The van der Waals surface area contributed by atoms with Gasteiger partial charge in [-0.05, 0) is 56.7 Å². The van der Waals surface area contributed by atoms with E-state index in [1.807, 2.05) is 6.92 Å². The number of sulfonamides is 1. The lowest BCUT2D eigenvalue weighted by molar-refractivity contribution is 0.0897. The van der Waals surface area contributed by atoms with E-state index < -0.39 is 15.6 Å². The second kappa shape index (κ2) is 7.89. The van der Waals surface area contributed by atoms with E-state index in [4.69, 9.17) is 5.73 Å². The van der Waals surface area contributed by atoms with E-state index in [1.165, 1.54) is 16.8 Å². The Bertz CT molecular complexity index is 785. The van der Waals surface area contributed by atoms with Gasteiger partial charge in [-0.15, -0.1) is 0 Å². The third-order valence-corrected chi connectivity index (χ3v) is 8.07. The quantitative estimate of drug-likeness (QED) is 0.744. The standard InChI is InChI=1S/C20H31N3O3S/c1-20(14-21,16-11-12-16)22-19(24)15-7-6-10-18(13-15)27(25,26)23(2)17-8-4-3-5-9-17/h6-7,10,13,16-17H,3-5,8-9,11-12,14,21H2,1-2H3,(H,22,24). The summed E-state index contributed by atoms with van der Waals surface area (Å²) in [5.41, 5.74) is 5.79. The summed E-state index contributed by atoms with van der Waals surface area (Å²) in [6.45, 7) is 2.33. The van der Waals surface area contributed by atoms with E-state index >= 15 is 0 Å². The van der Waals surface area contributed by atoms with Crippen molar-refractivity contribution < 1.29 is 13.2 Å². The molecular formula is C20H31N3O3S. The van der Waals surface area contributed by atoms with E-state index in [2.05, 4.69) is 5.32 Å². The summed E-state index contributed by atoms with van der Waals surface area (Å²) in [6, 6.07) is 6.37. The summed E-state index contributed by atoms with van der Waals surface area (Å²) in [5, 5.41) is 3.02. The van der Waals surface area contributed by atoms with Crippen LogP contribution in [0.25, 0.3) is 0 Å². The molecule has 1 aromatic rings. The van der Waals surface area contributed by atoms with E-state index in [1.54, 1.807) is 25.2 Å². The molecule has 2 saturated carbocycles. The Balaban J connectivity index is 1.78. The maximum atomic E-state index is 13.0. The molecule has 1 aromatic carbocycles. The van der Waals surface area contributed by atoms with E-state index in [-0.39, 0.29) is 16.8 Å².